The summed E-state index contributed by atoms with van der Waals surface area (Å²) in [6, 6.07) is 11.3. The van der Waals surface area contributed by atoms with Crippen LogP contribution in [0.3, 0.4) is 0 Å². The molecule has 3 nitrogen and oxygen atoms in total. The average Bonchev–Trinajstić information content (AvgIpc) is 2.38. The molecule has 0 aliphatic rings. The van der Waals surface area contributed by atoms with E-state index in [0.29, 0.717) is 0 Å². The lowest BCUT2D eigenvalue weighted by Gasteiger charge is -2.09. The van der Waals surface area contributed by atoms with Gasteiger partial charge in [-0.1, -0.05) is 24.3 Å². The Kier molecular flexibility index (Phi) is 3.33. The third-order valence-corrected chi connectivity index (χ3v) is 2.93. The van der Waals surface area contributed by atoms with Crippen LogP contribution in [0, 0.1) is 0 Å². The van der Waals surface area contributed by atoms with E-state index in [1.54, 1.807) is 7.11 Å². The Morgan fingerprint density at radius 1 is 1.28 bits per heavy atom. The maximum absolute atomic E-state index is 11.1. The van der Waals surface area contributed by atoms with Gasteiger partial charge in [-0.3, -0.25) is 4.79 Å². The smallest absolute Gasteiger partial charge is 0.314 e. The number of hydrogen-bond donors (Lipinski definition) is 1. The number of ether oxygens (including phenoxy) is 1. The molecule has 0 bridgehead atoms. The maximum Gasteiger partial charge on any atom is 0.314 e. The first kappa shape index (κ1) is 12.2. The quantitative estimate of drug-likeness (QED) is 0.837. The van der Waals surface area contributed by atoms with Crippen molar-refractivity contribution in [1.29, 1.82) is 0 Å². The summed E-state index contributed by atoms with van der Waals surface area (Å²) in [5, 5.41) is 11.1. The van der Waals surface area contributed by atoms with E-state index in [2.05, 4.69) is 6.58 Å². The fourth-order valence-electron chi connectivity index (χ4n) is 1.94. The summed E-state index contributed by atoms with van der Waals surface area (Å²) in [5.41, 5.74) is 0.732. The Hall–Kier alpha value is -2.29. The first-order valence-corrected chi connectivity index (χ1v) is 5.59. The van der Waals surface area contributed by atoms with Crippen LogP contribution < -0.4 is 4.74 Å². The summed E-state index contributed by atoms with van der Waals surface area (Å²) in [5.74, 6) is -0.775. The molecule has 1 N–H and O–H groups in total. The van der Waals surface area contributed by atoms with Gasteiger partial charge in [0.1, 0.15) is 5.75 Å². The van der Waals surface area contributed by atoms with Gasteiger partial charge in [0, 0.05) is 0 Å². The monoisotopic (exact) mass is 242 g/mol. The van der Waals surface area contributed by atoms with E-state index in [0.717, 1.165) is 22.1 Å². The first-order valence-electron chi connectivity index (χ1n) is 5.59. The molecule has 2 aromatic rings. The fourth-order valence-corrected chi connectivity index (χ4v) is 1.94. The van der Waals surface area contributed by atoms with Gasteiger partial charge >= 0.3 is 5.97 Å². The third-order valence-electron chi connectivity index (χ3n) is 2.93. The molecule has 0 fully saturated rings. The number of methoxy groups -OCH3 is 1. The minimum Gasteiger partial charge on any atom is -0.497 e. The lowest BCUT2D eigenvalue weighted by molar-refractivity contribution is -0.137. The molecular weight excluding hydrogens is 228 g/mol. The van der Waals surface area contributed by atoms with Crippen LogP contribution in [0.2, 0.25) is 0 Å². The largest absolute Gasteiger partial charge is 0.497 e. The van der Waals surface area contributed by atoms with E-state index >= 15 is 0 Å². The van der Waals surface area contributed by atoms with Crippen molar-refractivity contribution in [2.75, 3.05) is 7.11 Å². The summed E-state index contributed by atoms with van der Waals surface area (Å²) in [6.07, 6.45) is 1.44. The predicted molar refractivity (Wildman–Crippen MR) is 71.1 cm³/mol. The Labute approximate surface area is 105 Å². The highest BCUT2D eigenvalue weighted by Gasteiger charge is 2.15. The highest BCUT2D eigenvalue weighted by Crippen LogP contribution is 2.25. The minimum absolute atomic E-state index is 0.670. The second kappa shape index (κ2) is 4.92. The van der Waals surface area contributed by atoms with E-state index < -0.39 is 11.9 Å². The molecule has 2 rings (SSSR count). The maximum atomic E-state index is 11.1. The Bertz CT molecular complexity index is 602. The molecule has 0 aromatic heterocycles. The zero-order valence-electron chi connectivity index (χ0n) is 10.1. The van der Waals surface area contributed by atoms with E-state index in [9.17, 15) is 4.79 Å². The normalized spacial score (nSPS) is 12.1. The van der Waals surface area contributed by atoms with Crippen molar-refractivity contribution in [3.63, 3.8) is 0 Å². The summed E-state index contributed by atoms with van der Waals surface area (Å²) >= 11 is 0. The van der Waals surface area contributed by atoms with Crippen LogP contribution in [0.1, 0.15) is 11.5 Å². The highest BCUT2D eigenvalue weighted by atomic mass is 16.5. The molecule has 0 aliphatic heterocycles. The van der Waals surface area contributed by atoms with E-state index in [1.807, 2.05) is 36.4 Å². The standard InChI is InChI=1S/C15H14O3/c1-3-14(15(16)17)12-5-4-11-9-13(18-2)7-6-10(11)8-12/h3-9,14H,1H2,2H3,(H,16,17). The molecule has 3 heteroatoms. The number of benzene rings is 2. The second-order valence-electron chi connectivity index (χ2n) is 4.02. The topological polar surface area (TPSA) is 46.5 Å². The zero-order chi connectivity index (χ0) is 13.1. The van der Waals surface area contributed by atoms with Gasteiger partial charge in [0.05, 0.1) is 13.0 Å². The van der Waals surface area contributed by atoms with Crippen LogP contribution in [0.5, 0.6) is 5.75 Å². The zero-order valence-corrected chi connectivity index (χ0v) is 10.1. The van der Waals surface area contributed by atoms with Gasteiger partial charge in [-0.2, -0.15) is 0 Å². The van der Waals surface area contributed by atoms with Crippen LogP contribution in [0.15, 0.2) is 49.1 Å². The van der Waals surface area contributed by atoms with Gasteiger partial charge in [0.25, 0.3) is 0 Å². The molecule has 0 heterocycles. The van der Waals surface area contributed by atoms with Gasteiger partial charge in [-0.15, -0.1) is 6.58 Å². The Morgan fingerprint density at radius 3 is 2.56 bits per heavy atom. The molecule has 0 saturated carbocycles. The minimum atomic E-state index is -0.891. The average molecular weight is 242 g/mol. The van der Waals surface area contributed by atoms with Crippen molar-refractivity contribution in [3.8, 4) is 5.75 Å². The predicted octanol–water partition coefficient (Wildman–Crippen LogP) is 3.20. The Morgan fingerprint density at radius 2 is 1.94 bits per heavy atom. The number of carboxylic acids is 1. The van der Waals surface area contributed by atoms with Crippen molar-refractivity contribution in [2.45, 2.75) is 5.92 Å². The Balaban J connectivity index is 2.50. The fraction of sp³-hybridized carbons (Fsp3) is 0.133. The number of fused-ring (bicyclic) bond motifs is 1. The number of hydrogen-bond acceptors (Lipinski definition) is 2. The summed E-state index contributed by atoms with van der Waals surface area (Å²) in [7, 11) is 1.62. The van der Waals surface area contributed by atoms with Crippen LogP contribution in [-0.4, -0.2) is 18.2 Å². The number of aliphatic carboxylic acids is 1. The lowest BCUT2D eigenvalue weighted by Crippen LogP contribution is -2.08. The second-order valence-corrected chi connectivity index (χ2v) is 4.02. The van der Waals surface area contributed by atoms with Gasteiger partial charge in [-0.05, 0) is 34.5 Å². The van der Waals surface area contributed by atoms with Crippen molar-refractivity contribution in [2.24, 2.45) is 0 Å². The molecule has 1 unspecified atom stereocenters. The van der Waals surface area contributed by atoms with Gasteiger partial charge < -0.3 is 9.84 Å². The summed E-state index contributed by atoms with van der Waals surface area (Å²) < 4.78 is 5.15. The van der Waals surface area contributed by atoms with E-state index in [1.165, 1.54) is 6.08 Å². The van der Waals surface area contributed by atoms with Crippen molar-refractivity contribution in [1.82, 2.24) is 0 Å². The SMILES string of the molecule is C=CC(C(=O)O)c1ccc2cc(OC)ccc2c1. The van der Waals surface area contributed by atoms with E-state index in [4.69, 9.17) is 9.84 Å². The van der Waals surface area contributed by atoms with Crippen molar-refractivity contribution >= 4 is 16.7 Å². The molecule has 0 saturated heterocycles. The van der Waals surface area contributed by atoms with Crippen molar-refractivity contribution in [3.05, 3.63) is 54.6 Å². The first-order chi connectivity index (χ1) is 8.65. The van der Waals surface area contributed by atoms with Crippen LogP contribution >= 0.6 is 0 Å². The summed E-state index contributed by atoms with van der Waals surface area (Å²) in [6.45, 7) is 3.57. The third kappa shape index (κ3) is 2.20. The molecule has 1 atom stereocenters. The molecule has 2 aromatic carbocycles. The number of carbonyl (C=O) groups is 1. The van der Waals surface area contributed by atoms with Crippen molar-refractivity contribution < 1.29 is 14.6 Å². The summed E-state index contributed by atoms with van der Waals surface area (Å²) in [4.78, 5) is 11.1. The van der Waals surface area contributed by atoms with Crippen LogP contribution in [0.4, 0.5) is 0 Å². The molecule has 92 valence electrons. The molecule has 0 spiro atoms. The van der Waals surface area contributed by atoms with Gasteiger partial charge in [0.15, 0.2) is 0 Å². The van der Waals surface area contributed by atoms with Gasteiger partial charge in [-0.25, -0.2) is 0 Å². The van der Waals surface area contributed by atoms with Crippen LogP contribution in [0.25, 0.3) is 10.8 Å². The van der Waals surface area contributed by atoms with Gasteiger partial charge in [0.2, 0.25) is 0 Å². The number of carboxylic acid groups (broad SMARTS) is 1. The molecular formula is C15H14O3. The molecule has 0 aliphatic carbocycles. The van der Waals surface area contributed by atoms with Crippen LogP contribution in [-0.2, 0) is 4.79 Å². The molecule has 0 radical (unpaired) electrons. The molecule has 0 amide bonds. The van der Waals surface area contributed by atoms with E-state index in [-0.39, 0.29) is 0 Å². The number of rotatable bonds is 4. The molecule has 18 heavy (non-hydrogen) atoms. The lowest BCUT2D eigenvalue weighted by atomic mass is 9.96. The highest BCUT2D eigenvalue weighted by molar-refractivity contribution is 5.87.